The molecule has 1 aromatic heterocycles. The molecule has 0 unspecified atom stereocenters. The normalized spacial score (nSPS) is 10.4. The summed E-state index contributed by atoms with van der Waals surface area (Å²) in [7, 11) is 0. The Kier molecular flexibility index (Phi) is 6.45. The maximum absolute atomic E-state index is 4.63. The van der Waals surface area contributed by atoms with E-state index < -0.39 is 0 Å². The van der Waals surface area contributed by atoms with Crippen molar-refractivity contribution in [1.82, 2.24) is 4.98 Å². The number of benzene rings is 1. The van der Waals surface area contributed by atoms with Gasteiger partial charge < -0.3 is 0 Å². The number of nitrogens with zero attached hydrogens (tertiary/aromatic N) is 2. The molecular formula is C16H18N2Ni+2. The maximum Gasteiger partial charge on any atom is 2.00 e. The van der Waals surface area contributed by atoms with Gasteiger partial charge in [-0.05, 0) is 36.1 Å². The average molecular weight is 297 g/mol. The Balaban J connectivity index is 0.00000180. The van der Waals surface area contributed by atoms with Crippen molar-refractivity contribution < 1.29 is 16.5 Å². The molecule has 0 amide bonds. The number of pyridine rings is 1. The molecule has 0 spiro atoms. The van der Waals surface area contributed by atoms with E-state index in [1.54, 1.807) is 6.20 Å². The summed E-state index contributed by atoms with van der Waals surface area (Å²) in [6, 6.07) is 12.2. The molecule has 19 heavy (non-hydrogen) atoms. The minimum Gasteiger partial charge on any atom is -0.255 e. The van der Waals surface area contributed by atoms with Gasteiger partial charge in [-0.25, -0.2) is 0 Å². The predicted octanol–water partition coefficient (Wildman–Crippen LogP) is 3.95. The van der Waals surface area contributed by atoms with E-state index >= 15 is 0 Å². The Hall–Kier alpha value is -1.47. The molecule has 0 fully saturated rings. The van der Waals surface area contributed by atoms with Crippen LogP contribution in [0, 0.1) is 0 Å². The van der Waals surface area contributed by atoms with Crippen LogP contribution in [-0.4, -0.2) is 11.2 Å². The smallest absolute Gasteiger partial charge is 0.255 e. The fraction of sp³-hybridized carbons (Fsp3) is 0.250. The SMILES string of the molecule is CCc1cccc(CC)c1N=Cc1ccccn1.[Ni+2]. The Morgan fingerprint density at radius 3 is 2.21 bits per heavy atom. The van der Waals surface area contributed by atoms with Crippen LogP contribution >= 0.6 is 0 Å². The summed E-state index contributed by atoms with van der Waals surface area (Å²) in [6.07, 6.45) is 5.63. The van der Waals surface area contributed by atoms with E-state index in [4.69, 9.17) is 0 Å². The van der Waals surface area contributed by atoms with Gasteiger partial charge in [-0.15, -0.1) is 0 Å². The van der Waals surface area contributed by atoms with Crippen molar-refractivity contribution in [3.63, 3.8) is 0 Å². The topological polar surface area (TPSA) is 25.2 Å². The van der Waals surface area contributed by atoms with Crippen LogP contribution in [0.2, 0.25) is 0 Å². The number of rotatable bonds is 4. The van der Waals surface area contributed by atoms with Crippen molar-refractivity contribution in [3.8, 4) is 0 Å². The third-order valence-corrected chi connectivity index (χ3v) is 2.98. The minimum absolute atomic E-state index is 0. The number of para-hydroxylation sites is 1. The van der Waals surface area contributed by atoms with E-state index in [0.717, 1.165) is 24.2 Å². The molecule has 0 N–H and O–H groups in total. The van der Waals surface area contributed by atoms with Crippen molar-refractivity contribution in [2.75, 3.05) is 0 Å². The summed E-state index contributed by atoms with van der Waals surface area (Å²) in [4.78, 5) is 8.89. The van der Waals surface area contributed by atoms with Gasteiger partial charge in [0.2, 0.25) is 0 Å². The second-order valence-electron chi connectivity index (χ2n) is 4.14. The molecule has 0 aliphatic carbocycles. The van der Waals surface area contributed by atoms with Gasteiger partial charge in [-0.1, -0.05) is 38.1 Å². The summed E-state index contributed by atoms with van der Waals surface area (Å²) in [5.74, 6) is 0. The molecule has 2 aromatic rings. The van der Waals surface area contributed by atoms with Crippen LogP contribution in [0.5, 0.6) is 0 Å². The largest absolute Gasteiger partial charge is 2.00 e. The summed E-state index contributed by atoms with van der Waals surface area (Å²) in [6.45, 7) is 4.32. The number of aliphatic imine (C=N–C) groups is 1. The van der Waals surface area contributed by atoms with Crippen molar-refractivity contribution in [2.24, 2.45) is 4.99 Å². The number of aromatic nitrogens is 1. The van der Waals surface area contributed by atoms with Crippen molar-refractivity contribution >= 4 is 11.9 Å². The van der Waals surface area contributed by atoms with Crippen molar-refractivity contribution in [1.29, 1.82) is 0 Å². The third kappa shape index (κ3) is 4.00. The van der Waals surface area contributed by atoms with E-state index in [0.29, 0.717) is 0 Å². The minimum atomic E-state index is 0. The zero-order chi connectivity index (χ0) is 12.8. The first kappa shape index (κ1) is 15.6. The first-order valence-electron chi connectivity index (χ1n) is 6.41. The van der Waals surface area contributed by atoms with Crippen LogP contribution in [0.4, 0.5) is 5.69 Å². The first-order chi connectivity index (χ1) is 8.85. The molecule has 0 radical (unpaired) electrons. The molecule has 3 heteroatoms. The zero-order valence-electron chi connectivity index (χ0n) is 11.2. The first-order valence-corrected chi connectivity index (χ1v) is 6.41. The van der Waals surface area contributed by atoms with E-state index in [2.05, 4.69) is 42.0 Å². The number of aryl methyl sites for hydroxylation is 2. The Bertz CT molecular complexity index is 513. The van der Waals surface area contributed by atoms with Crippen LogP contribution in [0.1, 0.15) is 30.7 Å². The molecule has 2 nitrogen and oxygen atoms in total. The second-order valence-corrected chi connectivity index (χ2v) is 4.14. The molecule has 0 saturated heterocycles. The van der Waals surface area contributed by atoms with Crippen LogP contribution < -0.4 is 0 Å². The van der Waals surface area contributed by atoms with Gasteiger partial charge in [-0.3, -0.25) is 9.98 Å². The number of hydrogen-bond acceptors (Lipinski definition) is 2. The molecule has 1 aromatic carbocycles. The summed E-state index contributed by atoms with van der Waals surface area (Å²) < 4.78 is 0. The van der Waals surface area contributed by atoms with Gasteiger partial charge in [0.1, 0.15) is 0 Å². The van der Waals surface area contributed by atoms with E-state index in [9.17, 15) is 0 Å². The van der Waals surface area contributed by atoms with Gasteiger partial charge >= 0.3 is 16.5 Å². The predicted molar refractivity (Wildman–Crippen MR) is 76.7 cm³/mol. The van der Waals surface area contributed by atoms with Crippen LogP contribution in [0.25, 0.3) is 0 Å². The Labute approximate surface area is 124 Å². The second kappa shape index (κ2) is 7.86. The Morgan fingerprint density at radius 1 is 1.00 bits per heavy atom. The molecule has 0 aliphatic rings. The maximum atomic E-state index is 4.63. The Morgan fingerprint density at radius 2 is 1.68 bits per heavy atom. The summed E-state index contributed by atoms with van der Waals surface area (Å²) >= 11 is 0. The van der Waals surface area contributed by atoms with Gasteiger partial charge in [-0.2, -0.15) is 0 Å². The number of hydrogen-bond donors (Lipinski definition) is 0. The standard InChI is InChI=1S/C16H18N2.Ni/c1-3-13-8-7-9-14(4-2)16(13)18-12-15-10-5-6-11-17-15;/h5-12H,3-4H2,1-2H3;/q;+2. The molecule has 2 rings (SSSR count). The third-order valence-electron chi connectivity index (χ3n) is 2.98. The molecule has 0 atom stereocenters. The van der Waals surface area contributed by atoms with Crippen LogP contribution in [0.3, 0.4) is 0 Å². The quantitative estimate of drug-likeness (QED) is 0.619. The van der Waals surface area contributed by atoms with Crippen molar-refractivity contribution in [2.45, 2.75) is 26.7 Å². The zero-order valence-corrected chi connectivity index (χ0v) is 12.2. The molecular weight excluding hydrogens is 279 g/mol. The van der Waals surface area contributed by atoms with E-state index in [-0.39, 0.29) is 16.5 Å². The molecule has 0 aliphatic heterocycles. The molecule has 0 saturated carbocycles. The van der Waals surface area contributed by atoms with Gasteiger partial charge in [0.25, 0.3) is 0 Å². The van der Waals surface area contributed by atoms with Gasteiger partial charge in [0.15, 0.2) is 0 Å². The summed E-state index contributed by atoms with van der Waals surface area (Å²) in [5.41, 5.74) is 4.58. The molecule has 100 valence electrons. The van der Waals surface area contributed by atoms with Gasteiger partial charge in [0, 0.05) is 6.20 Å². The van der Waals surface area contributed by atoms with Crippen molar-refractivity contribution in [3.05, 3.63) is 59.4 Å². The molecule has 0 bridgehead atoms. The fourth-order valence-electron chi connectivity index (χ4n) is 1.96. The van der Waals surface area contributed by atoms with Gasteiger partial charge in [0.05, 0.1) is 17.6 Å². The fourth-order valence-corrected chi connectivity index (χ4v) is 1.96. The van der Waals surface area contributed by atoms with Crippen LogP contribution in [-0.2, 0) is 29.3 Å². The average Bonchev–Trinajstić information content (AvgIpc) is 2.45. The van der Waals surface area contributed by atoms with Crippen LogP contribution in [0.15, 0.2) is 47.6 Å². The monoisotopic (exact) mass is 296 g/mol. The van der Waals surface area contributed by atoms with E-state index in [1.807, 2.05) is 24.4 Å². The van der Waals surface area contributed by atoms with E-state index in [1.165, 1.54) is 11.1 Å². The summed E-state index contributed by atoms with van der Waals surface area (Å²) in [5, 5.41) is 0. The molecule has 1 heterocycles.